The topological polar surface area (TPSA) is 96.5 Å². The third-order valence-electron chi connectivity index (χ3n) is 2.98. The molecule has 0 aliphatic carbocycles. The van der Waals surface area contributed by atoms with Gasteiger partial charge in [-0.2, -0.15) is 0 Å². The molecule has 7 nitrogen and oxygen atoms in total. The lowest BCUT2D eigenvalue weighted by Crippen LogP contribution is -2.36. The van der Waals surface area contributed by atoms with Gasteiger partial charge in [-0.3, -0.25) is 5.32 Å². The first kappa shape index (κ1) is 14.8. The highest BCUT2D eigenvalue weighted by Gasteiger charge is 2.22. The predicted molar refractivity (Wildman–Crippen MR) is 74.1 cm³/mol. The van der Waals surface area contributed by atoms with E-state index in [4.69, 9.17) is 0 Å². The van der Waals surface area contributed by atoms with E-state index in [2.05, 4.69) is 20.1 Å². The van der Waals surface area contributed by atoms with Gasteiger partial charge in [-0.25, -0.2) is 17.9 Å². The molecule has 2 rings (SSSR count). The van der Waals surface area contributed by atoms with Crippen LogP contribution in [0.25, 0.3) is 0 Å². The molecule has 1 aliphatic heterocycles. The Bertz CT molecular complexity index is 565. The van der Waals surface area contributed by atoms with Gasteiger partial charge in [0.25, 0.3) is 0 Å². The van der Waals surface area contributed by atoms with E-state index in [0.717, 1.165) is 13.0 Å². The molecule has 110 valence electrons. The largest absolute Gasteiger partial charge is 0.453 e. The standard InChI is InChI=1S/C12H17N3O4S/c1-19-12(16)14-9-2-4-11(5-3-9)20(17,18)15-10-6-7-13-8-10/h2-5,10,13,15H,6-8H2,1H3,(H,14,16)/t10-/m1/s1. The second-order valence-electron chi connectivity index (χ2n) is 4.45. The van der Waals surface area contributed by atoms with Crippen molar-refractivity contribution in [2.45, 2.75) is 17.4 Å². The summed E-state index contributed by atoms with van der Waals surface area (Å²) in [5.74, 6) is 0. The summed E-state index contributed by atoms with van der Waals surface area (Å²) in [6.07, 6.45) is 0.178. The molecule has 1 saturated heterocycles. The van der Waals surface area contributed by atoms with Crippen LogP contribution < -0.4 is 15.4 Å². The first-order valence-electron chi connectivity index (χ1n) is 6.19. The van der Waals surface area contributed by atoms with Crippen molar-refractivity contribution < 1.29 is 17.9 Å². The number of carbonyl (C=O) groups excluding carboxylic acids is 1. The number of hydrogen-bond donors (Lipinski definition) is 3. The molecule has 1 heterocycles. The quantitative estimate of drug-likeness (QED) is 0.752. The van der Waals surface area contributed by atoms with Crippen molar-refractivity contribution in [3.8, 4) is 0 Å². The minimum absolute atomic E-state index is 0.0760. The van der Waals surface area contributed by atoms with Gasteiger partial charge >= 0.3 is 6.09 Å². The Labute approximate surface area is 117 Å². The number of methoxy groups -OCH3 is 1. The Morgan fingerprint density at radius 3 is 2.60 bits per heavy atom. The highest BCUT2D eigenvalue weighted by atomic mass is 32.2. The molecule has 0 bridgehead atoms. The number of hydrogen-bond acceptors (Lipinski definition) is 5. The van der Waals surface area contributed by atoms with E-state index < -0.39 is 16.1 Å². The monoisotopic (exact) mass is 299 g/mol. The molecule has 20 heavy (non-hydrogen) atoms. The van der Waals surface area contributed by atoms with Gasteiger partial charge in [0.2, 0.25) is 10.0 Å². The van der Waals surface area contributed by atoms with Gasteiger partial charge in [0.15, 0.2) is 0 Å². The molecule has 1 fully saturated rings. The van der Waals surface area contributed by atoms with Crippen LogP contribution in [0.4, 0.5) is 10.5 Å². The van der Waals surface area contributed by atoms with Crippen LogP contribution in [-0.4, -0.2) is 40.8 Å². The number of rotatable bonds is 4. The Hall–Kier alpha value is -1.64. The third-order valence-corrected chi connectivity index (χ3v) is 4.51. The van der Waals surface area contributed by atoms with Crippen molar-refractivity contribution in [2.24, 2.45) is 0 Å². The highest BCUT2D eigenvalue weighted by Crippen LogP contribution is 2.15. The van der Waals surface area contributed by atoms with Gasteiger partial charge in [-0.1, -0.05) is 0 Å². The van der Waals surface area contributed by atoms with Crippen LogP contribution in [0.1, 0.15) is 6.42 Å². The lowest BCUT2D eigenvalue weighted by atomic mass is 10.3. The number of benzene rings is 1. The van der Waals surface area contributed by atoms with E-state index in [1.165, 1.54) is 31.4 Å². The molecule has 0 spiro atoms. The lowest BCUT2D eigenvalue weighted by Gasteiger charge is -2.12. The van der Waals surface area contributed by atoms with Crippen molar-refractivity contribution in [1.82, 2.24) is 10.0 Å². The zero-order valence-electron chi connectivity index (χ0n) is 11.0. The van der Waals surface area contributed by atoms with Crippen LogP contribution in [0.3, 0.4) is 0 Å². The average Bonchev–Trinajstić information content (AvgIpc) is 2.91. The van der Waals surface area contributed by atoms with Crippen LogP contribution in [0.2, 0.25) is 0 Å². The zero-order valence-corrected chi connectivity index (χ0v) is 11.9. The molecule has 0 aromatic heterocycles. The Morgan fingerprint density at radius 2 is 2.05 bits per heavy atom. The number of amides is 1. The average molecular weight is 299 g/mol. The van der Waals surface area contributed by atoms with Crippen molar-refractivity contribution >= 4 is 21.8 Å². The molecule has 1 aromatic carbocycles. The van der Waals surface area contributed by atoms with E-state index in [-0.39, 0.29) is 10.9 Å². The summed E-state index contributed by atoms with van der Waals surface area (Å²) < 4.78 is 31.3. The van der Waals surface area contributed by atoms with Crippen LogP contribution in [0.15, 0.2) is 29.2 Å². The summed E-state index contributed by atoms with van der Waals surface area (Å²) in [7, 11) is -2.27. The Kier molecular flexibility index (Phi) is 4.58. The van der Waals surface area contributed by atoms with Gasteiger partial charge in [-0.05, 0) is 37.2 Å². The van der Waals surface area contributed by atoms with E-state index in [1.807, 2.05) is 0 Å². The second kappa shape index (κ2) is 6.21. The molecule has 8 heteroatoms. The number of anilines is 1. The summed E-state index contributed by atoms with van der Waals surface area (Å²) in [6, 6.07) is 5.83. The third kappa shape index (κ3) is 3.69. The number of ether oxygens (including phenoxy) is 1. The maximum absolute atomic E-state index is 12.1. The molecule has 1 aliphatic rings. The van der Waals surface area contributed by atoms with Gasteiger partial charge < -0.3 is 10.1 Å². The molecule has 0 unspecified atom stereocenters. The van der Waals surface area contributed by atoms with Gasteiger partial charge in [0, 0.05) is 18.3 Å². The fourth-order valence-corrected chi connectivity index (χ4v) is 3.20. The number of nitrogens with one attached hydrogen (secondary N) is 3. The van der Waals surface area contributed by atoms with Crippen LogP contribution in [0.5, 0.6) is 0 Å². The normalized spacial score (nSPS) is 18.8. The fraction of sp³-hybridized carbons (Fsp3) is 0.417. The minimum Gasteiger partial charge on any atom is -0.453 e. The SMILES string of the molecule is COC(=O)Nc1ccc(S(=O)(=O)N[C@@H]2CCNC2)cc1. The second-order valence-corrected chi connectivity index (χ2v) is 6.17. The fourth-order valence-electron chi connectivity index (χ4n) is 1.93. The Balaban J connectivity index is 2.06. The number of sulfonamides is 1. The highest BCUT2D eigenvalue weighted by molar-refractivity contribution is 7.89. The summed E-state index contributed by atoms with van der Waals surface area (Å²) in [5.41, 5.74) is 0.471. The lowest BCUT2D eigenvalue weighted by molar-refractivity contribution is 0.187. The van der Waals surface area contributed by atoms with Crippen LogP contribution in [0, 0.1) is 0 Å². The van der Waals surface area contributed by atoms with Gasteiger partial charge in [0.1, 0.15) is 0 Å². The maximum Gasteiger partial charge on any atom is 0.411 e. The molecule has 1 atom stereocenters. The molecule has 0 saturated carbocycles. The summed E-state index contributed by atoms with van der Waals surface area (Å²) >= 11 is 0. The van der Waals surface area contributed by atoms with Crippen molar-refractivity contribution in [2.75, 3.05) is 25.5 Å². The van der Waals surface area contributed by atoms with E-state index in [9.17, 15) is 13.2 Å². The molecular formula is C12H17N3O4S. The Morgan fingerprint density at radius 1 is 1.35 bits per heavy atom. The van der Waals surface area contributed by atoms with E-state index in [0.29, 0.717) is 12.2 Å². The first-order chi connectivity index (χ1) is 9.51. The van der Waals surface area contributed by atoms with E-state index in [1.54, 1.807) is 0 Å². The molecule has 3 N–H and O–H groups in total. The summed E-state index contributed by atoms with van der Waals surface area (Å²) in [5, 5.41) is 5.55. The molecule has 1 amide bonds. The van der Waals surface area contributed by atoms with Crippen molar-refractivity contribution in [3.63, 3.8) is 0 Å². The first-order valence-corrected chi connectivity index (χ1v) is 7.67. The molecular weight excluding hydrogens is 282 g/mol. The van der Waals surface area contributed by atoms with Crippen LogP contribution >= 0.6 is 0 Å². The minimum atomic E-state index is -3.53. The van der Waals surface area contributed by atoms with Gasteiger partial charge in [0.05, 0.1) is 12.0 Å². The van der Waals surface area contributed by atoms with Crippen molar-refractivity contribution in [3.05, 3.63) is 24.3 Å². The predicted octanol–water partition coefficient (Wildman–Crippen LogP) is 0.505. The summed E-state index contributed by atoms with van der Waals surface area (Å²) in [6.45, 7) is 1.45. The van der Waals surface area contributed by atoms with E-state index >= 15 is 0 Å². The maximum atomic E-state index is 12.1. The summed E-state index contributed by atoms with van der Waals surface area (Å²) in [4.78, 5) is 11.2. The van der Waals surface area contributed by atoms with Crippen LogP contribution in [-0.2, 0) is 14.8 Å². The molecule has 1 aromatic rings. The zero-order chi connectivity index (χ0) is 14.6. The number of carbonyl (C=O) groups is 1. The molecule has 0 radical (unpaired) electrons. The van der Waals surface area contributed by atoms with Gasteiger partial charge in [-0.15, -0.1) is 0 Å². The smallest absolute Gasteiger partial charge is 0.411 e. The van der Waals surface area contributed by atoms with Crippen molar-refractivity contribution in [1.29, 1.82) is 0 Å².